The van der Waals surface area contributed by atoms with Gasteiger partial charge in [0, 0.05) is 4.88 Å². The summed E-state index contributed by atoms with van der Waals surface area (Å²) < 4.78 is 6.71. The van der Waals surface area contributed by atoms with Crippen molar-refractivity contribution in [3.8, 4) is 10.4 Å². The summed E-state index contributed by atoms with van der Waals surface area (Å²) >= 11 is 1.31. The first-order valence-electron chi connectivity index (χ1n) is 9.14. The van der Waals surface area contributed by atoms with Crippen LogP contribution in [0.4, 0.5) is 10.9 Å². The molecule has 3 heterocycles. The normalized spacial score (nSPS) is 10.8. The second-order valence-electron chi connectivity index (χ2n) is 6.30. The van der Waals surface area contributed by atoms with E-state index >= 15 is 0 Å². The second kappa shape index (κ2) is 8.29. The molecule has 0 aliphatic carbocycles. The van der Waals surface area contributed by atoms with Crippen molar-refractivity contribution in [3.05, 3.63) is 54.5 Å². The van der Waals surface area contributed by atoms with Gasteiger partial charge in [-0.3, -0.25) is 4.79 Å². The maximum Gasteiger partial charge on any atom is 0.341 e. The number of carbonyl (C=O) groups excluding carboxylic acids is 2. The number of carbonyl (C=O) groups is 2. The number of nitrogens with two attached hydrogens (primary N) is 1. The highest BCUT2D eigenvalue weighted by molar-refractivity contribution is 7.20. The molecule has 3 aromatic heterocycles. The van der Waals surface area contributed by atoms with E-state index in [4.69, 9.17) is 10.5 Å². The third kappa shape index (κ3) is 3.98. The predicted octanol–water partition coefficient (Wildman–Crippen LogP) is 2.95. The molecule has 0 aliphatic heterocycles. The van der Waals surface area contributed by atoms with Crippen LogP contribution in [0, 0.1) is 0 Å². The number of nitrogens with one attached hydrogen (secondary N) is 1. The van der Waals surface area contributed by atoms with Crippen molar-refractivity contribution < 1.29 is 14.3 Å². The molecule has 1 aromatic carbocycles. The first-order valence-corrected chi connectivity index (χ1v) is 9.96. The molecule has 0 saturated carbocycles. The number of nitrogens with zero attached hydrogens (tertiary/aromatic N) is 4. The van der Waals surface area contributed by atoms with Gasteiger partial charge in [-0.1, -0.05) is 30.3 Å². The number of fused-ring (bicyclic) bond motifs is 1. The average Bonchev–Trinajstić information content (AvgIpc) is 3.33. The van der Waals surface area contributed by atoms with Gasteiger partial charge in [0.25, 0.3) is 0 Å². The van der Waals surface area contributed by atoms with E-state index in [1.165, 1.54) is 23.9 Å². The van der Waals surface area contributed by atoms with Gasteiger partial charge >= 0.3 is 5.97 Å². The lowest BCUT2D eigenvalue weighted by Crippen LogP contribution is -2.19. The molecule has 1 amide bonds. The summed E-state index contributed by atoms with van der Waals surface area (Å²) in [4.78, 5) is 38.1. The van der Waals surface area contributed by atoms with Crippen LogP contribution in [-0.2, 0) is 16.1 Å². The highest BCUT2D eigenvalue weighted by Gasteiger charge is 2.20. The van der Waals surface area contributed by atoms with E-state index in [1.807, 2.05) is 30.3 Å². The Labute approximate surface area is 175 Å². The molecule has 9 nitrogen and oxygen atoms in total. The largest absolute Gasteiger partial charge is 0.462 e. The Bertz CT molecular complexity index is 1220. The number of imidazole rings is 1. The molecular weight excluding hydrogens is 404 g/mol. The van der Waals surface area contributed by atoms with Crippen LogP contribution in [0.15, 0.2) is 48.9 Å². The molecule has 0 unspecified atom stereocenters. The summed E-state index contributed by atoms with van der Waals surface area (Å²) in [5.41, 5.74) is 7.89. The molecule has 0 fully saturated rings. The number of nitrogen functional groups attached to an aromatic ring is 1. The maximum absolute atomic E-state index is 12.7. The summed E-state index contributed by atoms with van der Waals surface area (Å²) in [6, 6.07) is 11.3. The maximum atomic E-state index is 12.7. The van der Waals surface area contributed by atoms with Gasteiger partial charge < -0.3 is 20.4 Å². The van der Waals surface area contributed by atoms with E-state index in [1.54, 1.807) is 17.6 Å². The Morgan fingerprint density at radius 1 is 1.23 bits per heavy atom. The number of anilines is 2. The molecule has 4 aromatic rings. The molecule has 4 rings (SSSR count). The number of thiophene rings is 1. The van der Waals surface area contributed by atoms with Crippen molar-refractivity contribution in [1.29, 1.82) is 0 Å². The van der Waals surface area contributed by atoms with Gasteiger partial charge in [-0.2, -0.15) is 4.98 Å². The van der Waals surface area contributed by atoms with Crippen molar-refractivity contribution >= 4 is 45.3 Å². The van der Waals surface area contributed by atoms with E-state index in [0.717, 1.165) is 10.4 Å². The first kappa shape index (κ1) is 19.5. The number of amides is 1. The van der Waals surface area contributed by atoms with E-state index in [9.17, 15) is 9.59 Å². The lowest BCUT2D eigenvalue weighted by Gasteiger charge is -2.07. The van der Waals surface area contributed by atoms with E-state index in [-0.39, 0.29) is 25.0 Å². The quantitative estimate of drug-likeness (QED) is 0.458. The van der Waals surface area contributed by atoms with Gasteiger partial charge in [-0.15, -0.1) is 11.3 Å². The zero-order chi connectivity index (χ0) is 21.1. The zero-order valence-corrected chi connectivity index (χ0v) is 16.8. The zero-order valence-electron chi connectivity index (χ0n) is 16.0. The van der Waals surface area contributed by atoms with Crippen LogP contribution in [0.25, 0.3) is 21.6 Å². The van der Waals surface area contributed by atoms with Crippen LogP contribution in [-0.4, -0.2) is 38.0 Å². The monoisotopic (exact) mass is 422 g/mol. The third-order valence-electron chi connectivity index (χ3n) is 4.23. The molecular formula is C20H18N6O3S. The lowest BCUT2D eigenvalue weighted by atomic mass is 10.1. The van der Waals surface area contributed by atoms with Gasteiger partial charge in [0.1, 0.15) is 17.1 Å². The molecule has 0 atom stereocenters. The van der Waals surface area contributed by atoms with Gasteiger partial charge in [-0.25, -0.2) is 14.8 Å². The molecule has 30 heavy (non-hydrogen) atoms. The van der Waals surface area contributed by atoms with Crippen LogP contribution in [0.1, 0.15) is 17.3 Å². The topological polar surface area (TPSA) is 125 Å². The molecule has 0 radical (unpaired) electrons. The molecule has 0 aliphatic rings. The summed E-state index contributed by atoms with van der Waals surface area (Å²) in [7, 11) is 0. The van der Waals surface area contributed by atoms with Crippen LogP contribution < -0.4 is 11.1 Å². The summed E-state index contributed by atoms with van der Waals surface area (Å²) in [6.07, 6.45) is 2.99. The number of hydrogen-bond donors (Lipinski definition) is 2. The number of hydrogen-bond acceptors (Lipinski definition) is 8. The summed E-state index contributed by atoms with van der Waals surface area (Å²) in [5.74, 6) is -0.724. The minimum Gasteiger partial charge on any atom is -0.462 e. The highest BCUT2D eigenvalue weighted by atomic mass is 32.1. The van der Waals surface area contributed by atoms with Crippen molar-refractivity contribution in [2.24, 2.45) is 0 Å². The summed E-state index contributed by atoms with van der Waals surface area (Å²) in [6.45, 7) is 1.93. The molecule has 0 spiro atoms. The van der Waals surface area contributed by atoms with E-state index < -0.39 is 5.97 Å². The Balaban J connectivity index is 1.60. The number of rotatable bonds is 6. The number of benzene rings is 1. The van der Waals surface area contributed by atoms with Gasteiger partial charge in [-0.05, 0) is 18.6 Å². The fourth-order valence-electron chi connectivity index (χ4n) is 2.89. The fourth-order valence-corrected chi connectivity index (χ4v) is 3.96. The van der Waals surface area contributed by atoms with Gasteiger partial charge in [0.15, 0.2) is 5.65 Å². The number of ether oxygens (including phenoxy) is 1. The standard InChI is InChI=1S/C20H18N6O3S/c1-2-29-19(28)13-8-15(12-6-4-3-5-7-12)30-18(13)24-16(27)10-26-11-23-14-9-22-20(21)25-17(14)26/h3-9,11H,2,10H2,1H3,(H,24,27)(H2,21,22,25). The molecule has 10 heteroatoms. The van der Waals surface area contributed by atoms with Gasteiger partial charge in [0.2, 0.25) is 11.9 Å². The van der Waals surface area contributed by atoms with E-state index in [0.29, 0.717) is 21.7 Å². The van der Waals surface area contributed by atoms with Crippen LogP contribution >= 0.6 is 11.3 Å². The van der Waals surface area contributed by atoms with Gasteiger partial charge in [0.05, 0.1) is 24.7 Å². The van der Waals surface area contributed by atoms with Crippen molar-refractivity contribution in [2.75, 3.05) is 17.7 Å². The highest BCUT2D eigenvalue weighted by Crippen LogP contribution is 2.36. The lowest BCUT2D eigenvalue weighted by molar-refractivity contribution is -0.116. The number of esters is 1. The molecule has 152 valence electrons. The smallest absolute Gasteiger partial charge is 0.341 e. The minimum atomic E-state index is -0.486. The molecule has 0 saturated heterocycles. The third-order valence-corrected chi connectivity index (χ3v) is 5.33. The van der Waals surface area contributed by atoms with Crippen molar-refractivity contribution in [2.45, 2.75) is 13.5 Å². The van der Waals surface area contributed by atoms with Crippen molar-refractivity contribution in [3.63, 3.8) is 0 Å². The minimum absolute atomic E-state index is 0.0478. The van der Waals surface area contributed by atoms with E-state index in [2.05, 4.69) is 20.3 Å². The predicted molar refractivity (Wildman–Crippen MR) is 114 cm³/mol. The average molecular weight is 422 g/mol. The summed E-state index contributed by atoms with van der Waals surface area (Å²) in [5, 5.41) is 3.24. The fraction of sp³-hybridized carbons (Fsp3) is 0.150. The second-order valence-corrected chi connectivity index (χ2v) is 7.35. The Hall–Kier alpha value is -3.79. The number of aromatic nitrogens is 4. The Morgan fingerprint density at radius 2 is 2.03 bits per heavy atom. The Morgan fingerprint density at radius 3 is 2.80 bits per heavy atom. The van der Waals surface area contributed by atoms with Crippen LogP contribution in [0.2, 0.25) is 0 Å². The van der Waals surface area contributed by atoms with Crippen LogP contribution in [0.3, 0.4) is 0 Å². The van der Waals surface area contributed by atoms with Crippen LogP contribution in [0.5, 0.6) is 0 Å². The SMILES string of the molecule is CCOC(=O)c1cc(-c2ccccc2)sc1NC(=O)Cn1cnc2cnc(N)nc21. The van der Waals surface area contributed by atoms with Crippen molar-refractivity contribution in [1.82, 2.24) is 19.5 Å². The first-order chi connectivity index (χ1) is 14.5. The molecule has 3 N–H and O–H groups in total. The Kier molecular flexibility index (Phi) is 5.40. The molecule has 0 bridgehead atoms.